The number of benzene rings is 1. The maximum absolute atomic E-state index is 6.07. The zero-order valence-corrected chi connectivity index (χ0v) is 12.7. The molecular weight excluding hydrogens is 292 g/mol. The Hall–Kier alpha value is -1.85. The molecule has 0 spiro atoms. The summed E-state index contributed by atoms with van der Waals surface area (Å²) < 4.78 is 2.10. The van der Waals surface area contributed by atoms with E-state index >= 15 is 0 Å². The van der Waals surface area contributed by atoms with E-state index in [0.717, 1.165) is 27.7 Å². The monoisotopic (exact) mass is 304 g/mol. The maximum atomic E-state index is 6.07. The minimum absolute atomic E-state index is 0.645. The molecule has 4 nitrogen and oxygen atoms in total. The quantitative estimate of drug-likeness (QED) is 0.584. The van der Waals surface area contributed by atoms with Crippen LogP contribution in [0, 0.1) is 13.8 Å². The molecule has 1 aromatic carbocycles. The fraction of sp³-hybridized carbons (Fsp3) is 0.143. The van der Waals surface area contributed by atoms with Gasteiger partial charge in [0, 0.05) is 11.1 Å². The molecule has 0 atom stereocenters. The minimum Gasteiger partial charge on any atom is -0.286 e. The first kappa shape index (κ1) is 13.1. The van der Waals surface area contributed by atoms with Crippen LogP contribution in [-0.2, 0) is 0 Å². The van der Waals surface area contributed by atoms with Gasteiger partial charge >= 0.3 is 0 Å². The van der Waals surface area contributed by atoms with Crippen LogP contribution >= 0.6 is 22.9 Å². The number of aryl methyl sites for hydroxylation is 2. The van der Waals surface area contributed by atoms with Crippen LogP contribution in [0.3, 0.4) is 0 Å². The highest BCUT2D eigenvalue weighted by Gasteiger charge is 2.10. The molecule has 20 heavy (non-hydrogen) atoms. The Morgan fingerprint density at radius 3 is 2.95 bits per heavy atom. The predicted molar refractivity (Wildman–Crippen MR) is 85.2 cm³/mol. The third-order valence-electron chi connectivity index (χ3n) is 3.00. The second-order valence-electron chi connectivity index (χ2n) is 4.43. The fourth-order valence-corrected chi connectivity index (χ4v) is 3.09. The van der Waals surface area contributed by atoms with Crippen molar-refractivity contribution in [2.24, 2.45) is 5.10 Å². The Balaban J connectivity index is 1.90. The number of thiazole rings is 1. The van der Waals surface area contributed by atoms with Crippen LogP contribution in [0.15, 0.2) is 34.7 Å². The average Bonchev–Trinajstić information content (AvgIpc) is 2.93. The number of nitrogens with one attached hydrogen (secondary N) is 1. The summed E-state index contributed by atoms with van der Waals surface area (Å²) in [6, 6.07) is 7.50. The van der Waals surface area contributed by atoms with Gasteiger partial charge in [0.2, 0.25) is 0 Å². The number of aromatic nitrogens is 2. The number of para-hydroxylation sites is 1. The summed E-state index contributed by atoms with van der Waals surface area (Å²) in [4.78, 5) is 5.50. The molecular formula is C14H13ClN4S. The standard InChI is InChI=1S/C14H13ClN4S/c1-9-8-20-14-17-10(2)13(19(9)14)7-16-18-12-6-4-3-5-11(12)15/h3-8,18H,1-2H3/b16-7-. The molecule has 0 aliphatic rings. The van der Waals surface area contributed by atoms with Gasteiger partial charge in [0.15, 0.2) is 4.96 Å². The molecule has 0 amide bonds. The van der Waals surface area contributed by atoms with Crippen LogP contribution < -0.4 is 5.43 Å². The Morgan fingerprint density at radius 2 is 2.15 bits per heavy atom. The number of imidazole rings is 1. The molecule has 0 radical (unpaired) electrons. The molecule has 0 aliphatic carbocycles. The van der Waals surface area contributed by atoms with E-state index < -0.39 is 0 Å². The van der Waals surface area contributed by atoms with Crippen LogP contribution in [0.2, 0.25) is 5.02 Å². The number of rotatable bonds is 3. The van der Waals surface area contributed by atoms with Crippen molar-refractivity contribution in [3.8, 4) is 0 Å². The molecule has 0 saturated heterocycles. The Bertz CT molecular complexity index is 788. The van der Waals surface area contributed by atoms with E-state index in [9.17, 15) is 0 Å². The van der Waals surface area contributed by atoms with Crippen molar-refractivity contribution in [2.45, 2.75) is 13.8 Å². The normalized spacial score (nSPS) is 11.6. The SMILES string of the molecule is Cc1nc2scc(C)n2c1/C=N\Nc1ccccc1Cl. The summed E-state index contributed by atoms with van der Waals surface area (Å²) >= 11 is 7.70. The second kappa shape index (κ2) is 5.26. The van der Waals surface area contributed by atoms with Crippen molar-refractivity contribution in [1.29, 1.82) is 0 Å². The van der Waals surface area contributed by atoms with E-state index in [1.54, 1.807) is 17.6 Å². The lowest BCUT2D eigenvalue weighted by Gasteiger charge is -2.02. The van der Waals surface area contributed by atoms with E-state index in [1.807, 2.05) is 31.2 Å². The minimum atomic E-state index is 0.645. The van der Waals surface area contributed by atoms with Crippen LogP contribution in [0.25, 0.3) is 4.96 Å². The molecule has 6 heteroatoms. The molecule has 1 N–H and O–H groups in total. The molecule has 2 heterocycles. The van der Waals surface area contributed by atoms with Gasteiger partial charge in [-0.15, -0.1) is 11.3 Å². The van der Waals surface area contributed by atoms with E-state index in [-0.39, 0.29) is 0 Å². The van der Waals surface area contributed by atoms with E-state index in [4.69, 9.17) is 11.6 Å². The molecule has 0 bridgehead atoms. The lowest BCUT2D eigenvalue weighted by molar-refractivity contribution is 1.11. The van der Waals surface area contributed by atoms with Gasteiger partial charge in [0.05, 0.1) is 28.3 Å². The Kier molecular flexibility index (Phi) is 3.46. The summed E-state index contributed by atoms with van der Waals surface area (Å²) in [5.41, 5.74) is 6.84. The van der Waals surface area contributed by atoms with Gasteiger partial charge in [0.1, 0.15) is 0 Å². The number of hydrogen-bond donors (Lipinski definition) is 1. The molecule has 0 unspecified atom stereocenters. The van der Waals surface area contributed by atoms with Gasteiger partial charge in [-0.05, 0) is 26.0 Å². The number of hydrazone groups is 1. The summed E-state index contributed by atoms with van der Waals surface area (Å²) in [6.45, 7) is 4.04. The summed E-state index contributed by atoms with van der Waals surface area (Å²) in [6.07, 6.45) is 1.78. The predicted octanol–water partition coefficient (Wildman–Crippen LogP) is 4.11. The Labute approximate surface area is 125 Å². The molecule has 0 fully saturated rings. The summed E-state index contributed by atoms with van der Waals surface area (Å²) in [5.74, 6) is 0. The first-order valence-electron chi connectivity index (χ1n) is 6.13. The average molecular weight is 305 g/mol. The molecule has 2 aromatic heterocycles. The topological polar surface area (TPSA) is 41.7 Å². The van der Waals surface area contributed by atoms with E-state index in [2.05, 4.69) is 32.2 Å². The van der Waals surface area contributed by atoms with Gasteiger partial charge < -0.3 is 0 Å². The molecule has 0 saturated carbocycles. The van der Waals surface area contributed by atoms with Crippen molar-refractivity contribution >= 4 is 39.8 Å². The van der Waals surface area contributed by atoms with Crippen molar-refractivity contribution in [3.05, 3.63) is 51.7 Å². The highest BCUT2D eigenvalue weighted by Crippen LogP contribution is 2.21. The zero-order chi connectivity index (χ0) is 14.1. The highest BCUT2D eigenvalue weighted by molar-refractivity contribution is 7.15. The summed E-state index contributed by atoms with van der Waals surface area (Å²) in [7, 11) is 0. The number of hydrogen-bond acceptors (Lipinski definition) is 4. The largest absolute Gasteiger partial charge is 0.286 e. The molecule has 102 valence electrons. The Morgan fingerprint density at radius 1 is 1.35 bits per heavy atom. The lowest BCUT2D eigenvalue weighted by atomic mass is 10.3. The second-order valence-corrected chi connectivity index (χ2v) is 5.67. The smallest absolute Gasteiger partial charge is 0.194 e. The van der Waals surface area contributed by atoms with Crippen LogP contribution in [0.4, 0.5) is 5.69 Å². The molecule has 3 rings (SSSR count). The van der Waals surface area contributed by atoms with Crippen molar-refractivity contribution in [3.63, 3.8) is 0 Å². The van der Waals surface area contributed by atoms with Crippen molar-refractivity contribution in [2.75, 3.05) is 5.43 Å². The third kappa shape index (κ3) is 2.30. The van der Waals surface area contributed by atoms with Gasteiger partial charge in [0.25, 0.3) is 0 Å². The number of nitrogens with zero attached hydrogens (tertiary/aromatic N) is 3. The first-order chi connectivity index (χ1) is 9.66. The number of halogens is 1. The first-order valence-corrected chi connectivity index (χ1v) is 7.39. The number of fused-ring (bicyclic) bond motifs is 1. The van der Waals surface area contributed by atoms with Crippen molar-refractivity contribution in [1.82, 2.24) is 9.38 Å². The van der Waals surface area contributed by atoms with Gasteiger partial charge in [-0.2, -0.15) is 5.10 Å². The van der Waals surface area contributed by atoms with Crippen molar-refractivity contribution < 1.29 is 0 Å². The maximum Gasteiger partial charge on any atom is 0.194 e. The fourth-order valence-electron chi connectivity index (χ4n) is 1.99. The van der Waals surface area contributed by atoms with Gasteiger partial charge in [-0.3, -0.25) is 9.83 Å². The molecule has 3 aromatic rings. The summed E-state index contributed by atoms with van der Waals surface area (Å²) in [5, 5.41) is 6.99. The van der Waals surface area contributed by atoms with Gasteiger partial charge in [-0.25, -0.2) is 4.98 Å². The zero-order valence-electron chi connectivity index (χ0n) is 11.1. The van der Waals surface area contributed by atoms with Crippen LogP contribution in [0.5, 0.6) is 0 Å². The highest BCUT2D eigenvalue weighted by atomic mass is 35.5. The molecule has 0 aliphatic heterocycles. The van der Waals surface area contributed by atoms with Crippen LogP contribution in [-0.4, -0.2) is 15.6 Å². The van der Waals surface area contributed by atoms with Gasteiger partial charge in [-0.1, -0.05) is 23.7 Å². The number of anilines is 1. The van der Waals surface area contributed by atoms with E-state index in [0.29, 0.717) is 5.02 Å². The van der Waals surface area contributed by atoms with E-state index in [1.165, 1.54) is 0 Å². The lowest BCUT2D eigenvalue weighted by Crippen LogP contribution is -1.97. The third-order valence-corrected chi connectivity index (χ3v) is 4.27. The van der Waals surface area contributed by atoms with Crippen LogP contribution in [0.1, 0.15) is 17.1 Å².